The second-order valence-corrected chi connectivity index (χ2v) is 9.10. The van der Waals surface area contributed by atoms with E-state index in [1.54, 1.807) is 0 Å². The van der Waals surface area contributed by atoms with Gasteiger partial charge in [0.15, 0.2) is 0 Å². The van der Waals surface area contributed by atoms with E-state index in [-0.39, 0.29) is 0 Å². The van der Waals surface area contributed by atoms with E-state index in [0.29, 0.717) is 23.4 Å². The average molecular weight is 415 g/mol. The van der Waals surface area contributed by atoms with E-state index in [9.17, 15) is 9.59 Å². The third-order valence-corrected chi connectivity index (χ3v) is 7.25. The van der Waals surface area contributed by atoms with Gasteiger partial charge in [-0.25, -0.2) is 0 Å². The summed E-state index contributed by atoms with van der Waals surface area (Å²) < 4.78 is 6.33. The maximum atomic E-state index is 13.2. The summed E-state index contributed by atoms with van der Waals surface area (Å²) in [6.07, 6.45) is 3.37. The molecule has 2 aromatic carbocycles. The smallest absolute Gasteiger partial charge is 0.237 e. The van der Waals surface area contributed by atoms with E-state index in [4.69, 9.17) is 4.42 Å². The van der Waals surface area contributed by atoms with Crippen LogP contribution >= 0.6 is 0 Å². The second kappa shape index (κ2) is 7.14. The van der Waals surface area contributed by atoms with Gasteiger partial charge in [-0.15, -0.1) is 0 Å². The van der Waals surface area contributed by atoms with Gasteiger partial charge in [0.2, 0.25) is 11.6 Å². The minimum atomic E-state index is -0.410. The topological polar surface area (TPSA) is 53.8 Å². The number of ketones is 2. The van der Waals surface area contributed by atoms with E-state index in [1.165, 1.54) is 25.9 Å². The first-order chi connectivity index (χ1) is 15.1. The Morgan fingerprint density at radius 3 is 2.48 bits per heavy atom. The molecule has 1 aliphatic carbocycles. The first-order valence-electron chi connectivity index (χ1n) is 11.3. The molecule has 0 unspecified atom stereocenters. The van der Waals surface area contributed by atoms with Crippen molar-refractivity contribution >= 4 is 22.3 Å². The number of nitrogens with zero attached hydrogens (tertiary/aromatic N) is 2. The van der Waals surface area contributed by atoms with Crippen LogP contribution in [0.25, 0.3) is 22.1 Å². The molecule has 0 N–H and O–H groups in total. The molecule has 3 aromatic rings. The predicted molar refractivity (Wildman–Crippen MR) is 120 cm³/mol. The fraction of sp³-hybridized carbons (Fsp3) is 0.385. The number of benzene rings is 2. The summed E-state index contributed by atoms with van der Waals surface area (Å²) in [5.41, 5.74) is 3.81. The number of carbonyl (C=O) groups is 2. The first-order valence-corrected chi connectivity index (χ1v) is 11.3. The van der Waals surface area contributed by atoms with Gasteiger partial charge in [-0.2, -0.15) is 0 Å². The predicted octanol–water partition coefficient (Wildman–Crippen LogP) is 4.24. The van der Waals surface area contributed by atoms with Crippen molar-refractivity contribution in [2.24, 2.45) is 0 Å². The van der Waals surface area contributed by atoms with Crippen LogP contribution in [-0.2, 0) is 13.0 Å². The lowest BCUT2D eigenvalue weighted by Crippen LogP contribution is -2.37. The molecule has 2 aliphatic heterocycles. The van der Waals surface area contributed by atoms with Crippen LogP contribution in [0, 0.1) is 6.92 Å². The Hall–Kier alpha value is -2.76. The maximum absolute atomic E-state index is 13.2. The van der Waals surface area contributed by atoms with E-state index < -0.39 is 11.6 Å². The molecule has 6 rings (SSSR count). The van der Waals surface area contributed by atoms with Crippen LogP contribution in [0.2, 0.25) is 0 Å². The molecule has 3 heterocycles. The molecule has 0 amide bonds. The fourth-order valence-corrected chi connectivity index (χ4v) is 5.54. The zero-order valence-corrected chi connectivity index (χ0v) is 17.9. The molecule has 0 bridgehead atoms. The molecule has 0 atom stereocenters. The van der Waals surface area contributed by atoms with Crippen LogP contribution in [0.5, 0.6) is 0 Å². The molecular formula is C26H26N2O3. The molecule has 31 heavy (non-hydrogen) atoms. The molecule has 3 aliphatic rings. The van der Waals surface area contributed by atoms with E-state index >= 15 is 0 Å². The molecule has 5 heteroatoms. The first kappa shape index (κ1) is 19.0. The van der Waals surface area contributed by atoms with Gasteiger partial charge in [0.05, 0.1) is 12.1 Å². The lowest BCUT2D eigenvalue weighted by atomic mass is 9.82. The molecular weight excluding hydrogens is 388 g/mol. The Morgan fingerprint density at radius 1 is 0.871 bits per heavy atom. The van der Waals surface area contributed by atoms with E-state index in [0.717, 1.165) is 59.3 Å². The zero-order chi connectivity index (χ0) is 21.1. The van der Waals surface area contributed by atoms with Crippen molar-refractivity contribution in [1.29, 1.82) is 0 Å². The second-order valence-electron chi connectivity index (χ2n) is 9.10. The summed E-state index contributed by atoms with van der Waals surface area (Å²) in [6.45, 7) is 8.14. The lowest BCUT2D eigenvalue weighted by Gasteiger charge is -2.28. The summed E-state index contributed by atoms with van der Waals surface area (Å²) in [6, 6.07) is 9.89. The van der Waals surface area contributed by atoms with E-state index in [2.05, 4.69) is 9.80 Å². The van der Waals surface area contributed by atoms with Gasteiger partial charge in [-0.3, -0.25) is 14.5 Å². The maximum Gasteiger partial charge on any atom is 0.237 e. The molecule has 5 nitrogen and oxygen atoms in total. The number of likely N-dealkylation sites (tertiary alicyclic amines) is 1. The van der Waals surface area contributed by atoms with Crippen molar-refractivity contribution in [3.63, 3.8) is 0 Å². The van der Waals surface area contributed by atoms with Gasteiger partial charge in [-0.1, -0.05) is 24.3 Å². The lowest BCUT2D eigenvalue weighted by molar-refractivity contribution is 0.0815. The molecule has 1 fully saturated rings. The zero-order valence-electron chi connectivity index (χ0n) is 17.9. The molecule has 1 saturated heterocycles. The summed E-state index contributed by atoms with van der Waals surface area (Å²) in [5.74, 6) is 0.635. The van der Waals surface area contributed by atoms with Crippen molar-refractivity contribution in [1.82, 2.24) is 9.80 Å². The van der Waals surface area contributed by atoms with Crippen LogP contribution in [0.15, 0.2) is 34.7 Å². The van der Waals surface area contributed by atoms with Gasteiger partial charge in [0.1, 0.15) is 11.5 Å². The molecule has 0 spiro atoms. The van der Waals surface area contributed by atoms with Gasteiger partial charge < -0.3 is 9.32 Å². The largest absolute Gasteiger partial charge is 0.459 e. The van der Waals surface area contributed by atoms with Crippen molar-refractivity contribution in [3.05, 3.63) is 58.3 Å². The van der Waals surface area contributed by atoms with Gasteiger partial charge in [-0.05, 0) is 61.7 Å². The number of rotatable bonds is 3. The third kappa shape index (κ3) is 2.91. The molecule has 1 aromatic heterocycles. The van der Waals surface area contributed by atoms with Gasteiger partial charge in [0, 0.05) is 36.3 Å². The summed E-state index contributed by atoms with van der Waals surface area (Å²) in [7, 11) is 0. The van der Waals surface area contributed by atoms with Gasteiger partial charge in [0.25, 0.3) is 0 Å². The molecule has 0 radical (unpaired) electrons. The van der Waals surface area contributed by atoms with Gasteiger partial charge >= 0.3 is 0 Å². The summed E-state index contributed by atoms with van der Waals surface area (Å²) >= 11 is 0. The number of carbonyl (C=O) groups excluding carboxylic acids is 2. The molecule has 0 saturated carbocycles. The monoisotopic (exact) mass is 414 g/mol. The number of Topliss-reactive ketones (excluding diaryl/α,β-unsaturated/α-hetero) is 2. The van der Waals surface area contributed by atoms with Crippen LogP contribution in [0.1, 0.15) is 50.4 Å². The number of furan rings is 1. The normalized spacial score (nSPS) is 19.0. The van der Waals surface area contributed by atoms with Crippen molar-refractivity contribution in [2.45, 2.75) is 32.7 Å². The standard InChI is InChI=1S/C26H26N2O3/c1-16-5-4-6-18-17(16)7-8-20-22(18)24(29)25(30)23-19-9-12-28(15-21(19)31-26(20)23)14-13-27-10-2-3-11-27/h4-8H,2-3,9-15H2,1H3. The summed E-state index contributed by atoms with van der Waals surface area (Å²) in [5, 5.41) is 1.85. The number of fused-ring (bicyclic) bond motifs is 7. The van der Waals surface area contributed by atoms with Crippen molar-refractivity contribution < 1.29 is 14.0 Å². The van der Waals surface area contributed by atoms with E-state index in [1.807, 2.05) is 37.3 Å². The third-order valence-electron chi connectivity index (χ3n) is 7.25. The highest BCUT2D eigenvalue weighted by Crippen LogP contribution is 2.43. The number of hydrogen-bond acceptors (Lipinski definition) is 5. The van der Waals surface area contributed by atoms with Crippen LogP contribution < -0.4 is 0 Å². The Balaban J connectivity index is 1.39. The van der Waals surface area contributed by atoms with Crippen LogP contribution in [0.3, 0.4) is 0 Å². The average Bonchev–Trinajstić information content (AvgIpc) is 3.43. The quantitative estimate of drug-likeness (QED) is 0.600. The minimum Gasteiger partial charge on any atom is -0.459 e. The highest BCUT2D eigenvalue weighted by molar-refractivity contribution is 6.54. The Morgan fingerprint density at radius 2 is 1.65 bits per heavy atom. The SMILES string of the molecule is Cc1cccc2c3c(ccc12)-c1oc2c(c1C(=O)C3=O)CCN(CCN1CCCC1)C2. The highest BCUT2D eigenvalue weighted by atomic mass is 16.3. The van der Waals surface area contributed by atoms with Crippen molar-refractivity contribution in [3.8, 4) is 11.3 Å². The number of hydrogen-bond donors (Lipinski definition) is 0. The Bertz CT molecular complexity index is 1230. The Kier molecular flexibility index (Phi) is 4.37. The highest BCUT2D eigenvalue weighted by Gasteiger charge is 2.39. The van der Waals surface area contributed by atoms with Crippen molar-refractivity contribution in [2.75, 3.05) is 32.7 Å². The Labute approximate surface area is 181 Å². The molecule has 158 valence electrons. The minimum absolute atomic E-state index is 0.404. The van der Waals surface area contributed by atoms with Crippen LogP contribution in [0.4, 0.5) is 0 Å². The number of aryl methyl sites for hydroxylation is 1. The fourth-order valence-electron chi connectivity index (χ4n) is 5.54. The summed E-state index contributed by atoms with van der Waals surface area (Å²) in [4.78, 5) is 31.3. The van der Waals surface area contributed by atoms with Crippen LogP contribution in [-0.4, -0.2) is 54.1 Å².